The summed E-state index contributed by atoms with van der Waals surface area (Å²) in [5.74, 6) is 1.50. The molecule has 0 atom stereocenters. The van der Waals surface area contributed by atoms with Crippen LogP contribution in [0.4, 0.5) is 5.13 Å². The first-order valence-corrected chi connectivity index (χ1v) is 10.2. The number of anilines is 1. The molecule has 0 spiro atoms. The molecule has 0 aliphatic carbocycles. The number of amides is 1. The monoisotopic (exact) mass is 396 g/mol. The highest BCUT2D eigenvalue weighted by atomic mass is 32.1. The minimum atomic E-state index is -0.0550. The number of nitrogens with one attached hydrogen (secondary N) is 1. The molecule has 0 bridgehead atoms. The SMILES string of the molecule is CCc1ccc(-c2csc(NC(=O)CCCOc3ccc(OC)cc3)n2)cc1. The molecular formula is C22H24N2O3S. The summed E-state index contributed by atoms with van der Waals surface area (Å²) in [7, 11) is 1.63. The average Bonchev–Trinajstić information content (AvgIpc) is 3.20. The van der Waals surface area contributed by atoms with E-state index in [1.54, 1.807) is 7.11 Å². The van der Waals surface area contributed by atoms with Gasteiger partial charge in [0.25, 0.3) is 0 Å². The van der Waals surface area contributed by atoms with Crippen LogP contribution in [0.3, 0.4) is 0 Å². The zero-order valence-corrected chi connectivity index (χ0v) is 16.9. The molecule has 0 aliphatic rings. The Bertz CT molecular complexity index is 889. The summed E-state index contributed by atoms with van der Waals surface area (Å²) in [6, 6.07) is 15.7. The molecule has 1 N–H and O–H groups in total. The van der Waals surface area contributed by atoms with Gasteiger partial charge in [0.1, 0.15) is 11.5 Å². The summed E-state index contributed by atoms with van der Waals surface area (Å²) in [4.78, 5) is 16.6. The van der Waals surface area contributed by atoms with E-state index in [0.717, 1.165) is 29.2 Å². The third-order valence-electron chi connectivity index (χ3n) is 4.28. The van der Waals surface area contributed by atoms with Crippen molar-refractivity contribution in [3.05, 3.63) is 59.5 Å². The highest BCUT2D eigenvalue weighted by Gasteiger charge is 2.08. The van der Waals surface area contributed by atoms with Crippen molar-refractivity contribution in [3.8, 4) is 22.8 Å². The number of carbonyl (C=O) groups excluding carboxylic acids is 1. The Hall–Kier alpha value is -2.86. The molecular weight excluding hydrogens is 372 g/mol. The van der Waals surface area contributed by atoms with E-state index >= 15 is 0 Å². The molecule has 0 fully saturated rings. The van der Waals surface area contributed by atoms with Crippen LogP contribution in [0.15, 0.2) is 53.9 Å². The molecule has 2 aromatic carbocycles. The maximum atomic E-state index is 12.1. The number of carbonyl (C=O) groups is 1. The van der Waals surface area contributed by atoms with Crippen molar-refractivity contribution in [1.29, 1.82) is 0 Å². The lowest BCUT2D eigenvalue weighted by atomic mass is 10.1. The predicted octanol–water partition coefficient (Wildman–Crippen LogP) is 5.18. The summed E-state index contributed by atoms with van der Waals surface area (Å²) in [6.07, 6.45) is 2.03. The first-order valence-electron chi connectivity index (χ1n) is 9.29. The lowest BCUT2D eigenvalue weighted by Crippen LogP contribution is -2.12. The fraction of sp³-hybridized carbons (Fsp3) is 0.273. The summed E-state index contributed by atoms with van der Waals surface area (Å²) >= 11 is 1.44. The van der Waals surface area contributed by atoms with Crippen molar-refractivity contribution < 1.29 is 14.3 Å². The van der Waals surface area contributed by atoms with E-state index in [-0.39, 0.29) is 5.91 Å². The Labute approximate surface area is 169 Å². The minimum absolute atomic E-state index is 0.0550. The topological polar surface area (TPSA) is 60.5 Å². The zero-order valence-electron chi connectivity index (χ0n) is 16.1. The van der Waals surface area contributed by atoms with Gasteiger partial charge in [-0.3, -0.25) is 4.79 Å². The summed E-state index contributed by atoms with van der Waals surface area (Å²) in [5, 5.41) is 5.45. The number of hydrogen-bond acceptors (Lipinski definition) is 5. The van der Waals surface area contributed by atoms with Gasteiger partial charge in [0, 0.05) is 17.4 Å². The standard InChI is InChI=1S/C22H24N2O3S/c1-3-16-6-8-17(9-7-16)20-15-28-22(23-20)24-21(25)5-4-14-27-19-12-10-18(26-2)11-13-19/h6-13,15H,3-5,14H2,1-2H3,(H,23,24,25). The second-order valence-electron chi connectivity index (χ2n) is 6.26. The number of methoxy groups -OCH3 is 1. The van der Waals surface area contributed by atoms with Crippen molar-refractivity contribution in [3.63, 3.8) is 0 Å². The van der Waals surface area contributed by atoms with Crippen LogP contribution in [0, 0.1) is 0 Å². The van der Waals surface area contributed by atoms with Gasteiger partial charge in [-0.1, -0.05) is 31.2 Å². The number of benzene rings is 2. The molecule has 0 radical (unpaired) electrons. The molecule has 0 saturated heterocycles. The highest BCUT2D eigenvalue weighted by Crippen LogP contribution is 2.25. The van der Waals surface area contributed by atoms with Gasteiger partial charge in [0.2, 0.25) is 5.91 Å². The van der Waals surface area contributed by atoms with Gasteiger partial charge in [-0.25, -0.2) is 4.98 Å². The molecule has 3 rings (SSSR count). The van der Waals surface area contributed by atoms with Crippen LogP contribution in [0.1, 0.15) is 25.3 Å². The molecule has 1 aromatic heterocycles. The average molecular weight is 397 g/mol. The van der Waals surface area contributed by atoms with E-state index < -0.39 is 0 Å². The highest BCUT2D eigenvalue weighted by molar-refractivity contribution is 7.14. The Morgan fingerprint density at radius 1 is 1.07 bits per heavy atom. The molecule has 146 valence electrons. The van der Waals surface area contributed by atoms with Crippen LogP contribution in [0.2, 0.25) is 0 Å². The molecule has 1 amide bonds. The number of rotatable bonds is 9. The number of aryl methyl sites for hydroxylation is 1. The van der Waals surface area contributed by atoms with Crippen molar-refractivity contribution in [2.75, 3.05) is 19.0 Å². The third-order valence-corrected chi connectivity index (χ3v) is 5.04. The Morgan fingerprint density at radius 3 is 2.46 bits per heavy atom. The van der Waals surface area contributed by atoms with Crippen LogP contribution in [-0.2, 0) is 11.2 Å². The molecule has 0 aliphatic heterocycles. The van der Waals surface area contributed by atoms with Crippen molar-refractivity contribution in [2.24, 2.45) is 0 Å². The second kappa shape index (κ2) is 9.90. The van der Waals surface area contributed by atoms with Gasteiger partial charge in [0.15, 0.2) is 5.13 Å². The number of thiazole rings is 1. The number of ether oxygens (including phenoxy) is 2. The summed E-state index contributed by atoms with van der Waals surface area (Å²) in [5.41, 5.74) is 3.23. The maximum absolute atomic E-state index is 12.1. The van der Waals surface area contributed by atoms with Crippen molar-refractivity contribution in [1.82, 2.24) is 4.98 Å². The molecule has 0 saturated carbocycles. The van der Waals surface area contributed by atoms with Crippen LogP contribution < -0.4 is 14.8 Å². The lowest BCUT2D eigenvalue weighted by Gasteiger charge is -2.07. The number of nitrogens with zero attached hydrogens (tertiary/aromatic N) is 1. The van der Waals surface area contributed by atoms with Gasteiger partial charge in [-0.15, -0.1) is 11.3 Å². The van der Waals surface area contributed by atoms with Crippen LogP contribution in [-0.4, -0.2) is 24.6 Å². The second-order valence-corrected chi connectivity index (χ2v) is 7.12. The van der Waals surface area contributed by atoms with E-state index in [1.165, 1.54) is 16.9 Å². The largest absolute Gasteiger partial charge is 0.497 e. The van der Waals surface area contributed by atoms with Gasteiger partial charge in [-0.2, -0.15) is 0 Å². The predicted molar refractivity (Wildman–Crippen MR) is 113 cm³/mol. The van der Waals surface area contributed by atoms with Gasteiger partial charge >= 0.3 is 0 Å². The van der Waals surface area contributed by atoms with Crippen molar-refractivity contribution in [2.45, 2.75) is 26.2 Å². The first-order chi connectivity index (χ1) is 13.7. The molecule has 3 aromatic rings. The smallest absolute Gasteiger partial charge is 0.226 e. The molecule has 0 unspecified atom stereocenters. The van der Waals surface area contributed by atoms with E-state index in [2.05, 4.69) is 41.5 Å². The van der Waals surface area contributed by atoms with E-state index in [4.69, 9.17) is 9.47 Å². The third kappa shape index (κ3) is 5.57. The van der Waals surface area contributed by atoms with E-state index in [9.17, 15) is 4.79 Å². The first kappa shape index (κ1) is 19.9. The Kier molecular flexibility index (Phi) is 7.03. The zero-order chi connectivity index (χ0) is 19.8. The Balaban J connectivity index is 1.42. The molecule has 5 nitrogen and oxygen atoms in total. The summed E-state index contributed by atoms with van der Waals surface area (Å²) < 4.78 is 10.7. The minimum Gasteiger partial charge on any atom is -0.497 e. The lowest BCUT2D eigenvalue weighted by molar-refractivity contribution is -0.116. The fourth-order valence-corrected chi connectivity index (χ4v) is 3.39. The quantitative estimate of drug-likeness (QED) is 0.506. The maximum Gasteiger partial charge on any atom is 0.226 e. The number of aromatic nitrogens is 1. The fourth-order valence-electron chi connectivity index (χ4n) is 2.65. The van der Waals surface area contributed by atoms with Crippen molar-refractivity contribution >= 4 is 22.4 Å². The Morgan fingerprint density at radius 2 is 1.79 bits per heavy atom. The van der Waals surface area contributed by atoms with E-state index in [1.807, 2.05) is 29.6 Å². The molecule has 28 heavy (non-hydrogen) atoms. The number of hydrogen-bond donors (Lipinski definition) is 1. The van der Waals surface area contributed by atoms with Crippen LogP contribution in [0.25, 0.3) is 11.3 Å². The van der Waals surface area contributed by atoms with Gasteiger partial charge < -0.3 is 14.8 Å². The molecule has 1 heterocycles. The normalized spacial score (nSPS) is 10.5. The van der Waals surface area contributed by atoms with E-state index in [0.29, 0.717) is 24.6 Å². The molecule has 6 heteroatoms. The summed E-state index contributed by atoms with van der Waals surface area (Å²) in [6.45, 7) is 2.61. The van der Waals surface area contributed by atoms with Crippen LogP contribution in [0.5, 0.6) is 11.5 Å². The van der Waals surface area contributed by atoms with Crippen LogP contribution >= 0.6 is 11.3 Å². The van der Waals surface area contributed by atoms with Gasteiger partial charge in [-0.05, 0) is 42.7 Å². The van der Waals surface area contributed by atoms with Gasteiger partial charge in [0.05, 0.1) is 19.4 Å².